The number of nitrogens with zero attached hydrogens (tertiary/aromatic N) is 2. The minimum absolute atomic E-state index is 0.462. The first kappa shape index (κ1) is 16.3. The van der Waals surface area contributed by atoms with Crippen LogP contribution in [0.2, 0.25) is 0 Å². The Morgan fingerprint density at radius 1 is 1.15 bits per heavy atom. The summed E-state index contributed by atoms with van der Waals surface area (Å²) in [4.78, 5) is 5.38. The maximum atomic E-state index is 6.23. The molecule has 2 aliphatic heterocycles. The van der Waals surface area contributed by atoms with E-state index < -0.39 is 0 Å². The lowest BCUT2D eigenvalue weighted by molar-refractivity contribution is -0.00328. The molecule has 2 aliphatic rings. The Labute approximate surface area is 125 Å². The first-order valence-electron chi connectivity index (χ1n) is 8.91. The van der Waals surface area contributed by atoms with Gasteiger partial charge >= 0.3 is 0 Å². The van der Waals surface area contributed by atoms with Crippen LogP contribution in [0.25, 0.3) is 0 Å². The molecule has 2 N–H and O–H groups in total. The summed E-state index contributed by atoms with van der Waals surface area (Å²) >= 11 is 0. The quantitative estimate of drug-likeness (QED) is 0.779. The molecule has 3 heteroatoms. The fourth-order valence-electron chi connectivity index (χ4n) is 4.48. The molecular weight excluding hydrogens is 246 g/mol. The Morgan fingerprint density at radius 2 is 1.75 bits per heavy atom. The average molecular weight is 281 g/mol. The predicted octanol–water partition coefficient (Wildman–Crippen LogP) is 2.84. The molecule has 0 aromatic heterocycles. The van der Waals surface area contributed by atoms with E-state index in [1.807, 2.05) is 0 Å². The van der Waals surface area contributed by atoms with Crippen LogP contribution in [0.4, 0.5) is 0 Å². The topological polar surface area (TPSA) is 32.5 Å². The van der Waals surface area contributed by atoms with Crippen LogP contribution in [-0.4, -0.2) is 53.6 Å². The van der Waals surface area contributed by atoms with Gasteiger partial charge < -0.3 is 10.6 Å². The summed E-state index contributed by atoms with van der Waals surface area (Å²) < 4.78 is 0. The largest absolute Gasteiger partial charge is 0.328 e. The third-order valence-electron chi connectivity index (χ3n) is 5.57. The zero-order valence-corrected chi connectivity index (χ0v) is 13.9. The Kier molecular flexibility index (Phi) is 6.31. The lowest BCUT2D eigenvalue weighted by atomic mass is 9.80. The lowest BCUT2D eigenvalue weighted by Crippen LogP contribution is -2.58. The molecule has 2 heterocycles. The van der Waals surface area contributed by atoms with Gasteiger partial charge in [-0.2, -0.15) is 0 Å². The summed E-state index contributed by atoms with van der Waals surface area (Å²) in [5.74, 6) is 0. The van der Waals surface area contributed by atoms with Gasteiger partial charge in [0.05, 0.1) is 0 Å². The van der Waals surface area contributed by atoms with Gasteiger partial charge in [-0.25, -0.2) is 0 Å². The molecule has 2 fully saturated rings. The van der Waals surface area contributed by atoms with Crippen LogP contribution in [0, 0.1) is 0 Å². The zero-order valence-electron chi connectivity index (χ0n) is 13.9. The molecule has 20 heavy (non-hydrogen) atoms. The Hall–Kier alpha value is -0.120. The van der Waals surface area contributed by atoms with Gasteiger partial charge in [0, 0.05) is 24.2 Å². The third kappa shape index (κ3) is 3.96. The van der Waals surface area contributed by atoms with E-state index in [9.17, 15) is 0 Å². The minimum atomic E-state index is 0.462. The van der Waals surface area contributed by atoms with E-state index >= 15 is 0 Å². The molecule has 2 rings (SSSR count). The predicted molar refractivity (Wildman–Crippen MR) is 87.0 cm³/mol. The number of hydrogen-bond acceptors (Lipinski definition) is 3. The number of piperidine rings is 2. The maximum absolute atomic E-state index is 6.23. The number of rotatable bonds is 7. The van der Waals surface area contributed by atoms with E-state index in [1.54, 1.807) is 0 Å². The van der Waals surface area contributed by atoms with Crippen LogP contribution in [0.1, 0.15) is 65.7 Å². The molecule has 0 aromatic rings. The van der Waals surface area contributed by atoms with Gasteiger partial charge in [-0.05, 0) is 65.1 Å². The number of nitrogens with two attached hydrogens (primary N) is 1. The van der Waals surface area contributed by atoms with Crippen LogP contribution in [0.3, 0.4) is 0 Å². The molecular formula is C17H35N3. The van der Waals surface area contributed by atoms with Crippen molar-refractivity contribution in [2.24, 2.45) is 5.73 Å². The molecule has 118 valence electrons. The van der Waals surface area contributed by atoms with E-state index in [4.69, 9.17) is 5.73 Å². The first-order valence-corrected chi connectivity index (χ1v) is 8.91. The van der Waals surface area contributed by atoms with Gasteiger partial charge in [0.15, 0.2) is 0 Å². The smallest absolute Gasteiger partial charge is 0.0116 e. The van der Waals surface area contributed by atoms with Crippen LogP contribution in [-0.2, 0) is 0 Å². The van der Waals surface area contributed by atoms with E-state index in [2.05, 4.69) is 30.6 Å². The van der Waals surface area contributed by atoms with Crippen LogP contribution < -0.4 is 5.73 Å². The van der Waals surface area contributed by atoms with Gasteiger partial charge in [0.25, 0.3) is 0 Å². The molecule has 3 nitrogen and oxygen atoms in total. The summed E-state index contributed by atoms with van der Waals surface area (Å²) in [7, 11) is 0. The standard InChI is InChI=1S/C17H35N3/c1-4-19(5-2)11-7-8-14(3)20-16-9-6-10-17(20)13-15(18)12-16/h14-17H,4-13,18H2,1-3H3. The third-order valence-corrected chi connectivity index (χ3v) is 5.57. The van der Waals surface area contributed by atoms with Gasteiger partial charge in [0.1, 0.15) is 0 Å². The molecule has 0 saturated carbocycles. The second-order valence-corrected chi connectivity index (χ2v) is 6.94. The van der Waals surface area contributed by atoms with Crippen molar-refractivity contribution in [2.45, 2.75) is 89.9 Å². The van der Waals surface area contributed by atoms with Crippen molar-refractivity contribution in [1.29, 1.82) is 0 Å². The zero-order chi connectivity index (χ0) is 14.5. The monoisotopic (exact) mass is 281 g/mol. The highest BCUT2D eigenvalue weighted by Crippen LogP contribution is 2.35. The SMILES string of the molecule is CCN(CC)CCCC(C)N1C2CCCC1CC(N)C2. The average Bonchev–Trinajstić information content (AvgIpc) is 2.42. The normalized spacial score (nSPS) is 32.5. The van der Waals surface area contributed by atoms with Crippen molar-refractivity contribution in [3.8, 4) is 0 Å². The van der Waals surface area contributed by atoms with Crippen molar-refractivity contribution in [3.63, 3.8) is 0 Å². The molecule has 3 atom stereocenters. The van der Waals surface area contributed by atoms with Crippen LogP contribution >= 0.6 is 0 Å². The lowest BCUT2D eigenvalue weighted by Gasteiger charge is -2.51. The summed E-state index contributed by atoms with van der Waals surface area (Å²) in [5, 5.41) is 0. The highest BCUT2D eigenvalue weighted by Gasteiger charge is 2.38. The molecule has 0 radical (unpaired) electrons. The molecule has 0 spiro atoms. The van der Waals surface area contributed by atoms with Gasteiger partial charge in [-0.3, -0.25) is 4.90 Å². The summed E-state index contributed by atoms with van der Waals surface area (Å²) in [5.41, 5.74) is 6.23. The van der Waals surface area contributed by atoms with E-state index in [0.717, 1.165) is 18.1 Å². The van der Waals surface area contributed by atoms with Crippen molar-refractivity contribution in [3.05, 3.63) is 0 Å². The number of fused-ring (bicyclic) bond motifs is 2. The fourth-order valence-corrected chi connectivity index (χ4v) is 4.48. The molecule has 2 saturated heterocycles. The molecule has 3 unspecified atom stereocenters. The second kappa shape index (κ2) is 7.77. The Balaban J connectivity index is 1.81. The van der Waals surface area contributed by atoms with Crippen molar-refractivity contribution in [2.75, 3.05) is 19.6 Å². The van der Waals surface area contributed by atoms with Gasteiger partial charge in [0.2, 0.25) is 0 Å². The number of hydrogen-bond donors (Lipinski definition) is 1. The fraction of sp³-hybridized carbons (Fsp3) is 1.00. The molecule has 2 bridgehead atoms. The summed E-state index contributed by atoms with van der Waals surface area (Å²) in [6, 6.07) is 2.76. The van der Waals surface area contributed by atoms with Gasteiger partial charge in [-0.15, -0.1) is 0 Å². The Bertz CT molecular complexity index is 263. The van der Waals surface area contributed by atoms with Crippen molar-refractivity contribution < 1.29 is 0 Å². The van der Waals surface area contributed by atoms with Crippen LogP contribution in [0.5, 0.6) is 0 Å². The molecule has 0 aromatic carbocycles. The van der Waals surface area contributed by atoms with E-state index in [1.165, 1.54) is 64.6 Å². The highest BCUT2D eigenvalue weighted by molar-refractivity contribution is 4.95. The highest BCUT2D eigenvalue weighted by atomic mass is 15.2. The minimum Gasteiger partial charge on any atom is -0.328 e. The second-order valence-electron chi connectivity index (χ2n) is 6.94. The Morgan fingerprint density at radius 3 is 2.30 bits per heavy atom. The first-order chi connectivity index (χ1) is 9.65. The summed E-state index contributed by atoms with van der Waals surface area (Å²) in [6.07, 6.45) is 9.33. The van der Waals surface area contributed by atoms with Crippen molar-refractivity contribution >= 4 is 0 Å². The van der Waals surface area contributed by atoms with Crippen LogP contribution in [0.15, 0.2) is 0 Å². The van der Waals surface area contributed by atoms with Crippen molar-refractivity contribution in [1.82, 2.24) is 9.80 Å². The maximum Gasteiger partial charge on any atom is 0.0116 e. The van der Waals surface area contributed by atoms with E-state index in [-0.39, 0.29) is 0 Å². The van der Waals surface area contributed by atoms with Gasteiger partial charge in [-0.1, -0.05) is 20.3 Å². The molecule has 0 amide bonds. The molecule has 0 aliphatic carbocycles. The summed E-state index contributed by atoms with van der Waals surface area (Å²) in [6.45, 7) is 10.6. The van der Waals surface area contributed by atoms with E-state index in [0.29, 0.717) is 6.04 Å².